The minimum atomic E-state index is 0.473. The molecule has 0 aliphatic heterocycles. The van der Waals surface area contributed by atoms with Crippen LogP contribution in [0.1, 0.15) is 5.56 Å². The minimum absolute atomic E-state index is 0.473. The maximum absolute atomic E-state index is 6.13. The number of hydrogen-bond donors (Lipinski definition) is 2. The maximum Gasteiger partial charge on any atom is 0.295 e. The van der Waals surface area contributed by atoms with E-state index in [1.165, 1.54) is 0 Å². The molecule has 0 saturated carbocycles. The van der Waals surface area contributed by atoms with Crippen LogP contribution in [0.3, 0.4) is 0 Å². The molecule has 21 heavy (non-hydrogen) atoms. The molecule has 3 aromatic rings. The van der Waals surface area contributed by atoms with Crippen molar-refractivity contribution < 1.29 is 4.42 Å². The summed E-state index contributed by atoms with van der Waals surface area (Å²) in [5.41, 5.74) is 8.84. The van der Waals surface area contributed by atoms with Crippen LogP contribution in [0.2, 0.25) is 10.0 Å². The molecule has 1 heterocycles. The average Bonchev–Trinajstić information content (AvgIpc) is 2.83. The van der Waals surface area contributed by atoms with E-state index >= 15 is 0 Å². The van der Waals surface area contributed by atoms with Crippen molar-refractivity contribution in [2.24, 2.45) is 0 Å². The number of nitrogen functional groups attached to an aromatic ring is 1. The van der Waals surface area contributed by atoms with Crippen LogP contribution in [0.5, 0.6) is 0 Å². The van der Waals surface area contributed by atoms with E-state index in [-0.39, 0.29) is 0 Å². The van der Waals surface area contributed by atoms with Crippen molar-refractivity contribution >= 4 is 46.0 Å². The standard InChI is InChI=1S/C15H13Cl2N3O/c16-10-2-1-9(12(17)7-10)5-6-19-15-20-13-8-11(18)3-4-14(13)21-15/h1-4,7-8H,5-6,18H2,(H,19,20). The third-order valence-corrected chi connectivity index (χ3v) is 3.68. The number of hydrogen-bond acceptors (Lipinski definition) is 4. The highest BCUT2D eigenvalue weighted by atomic mass is 35.5. The molecule has 0 atom stereocenters. The van der Waals surface area contributed by atoms with Crippen molar-refractivity contribution in [3.05, 3.63) is 52.0 Å². The summed E-state index contributed by atoms with van der Waals surface area (Å²) in [5.74, 6) is 0. The fourth-order valence-corrected chi connectivity index (χ4v) is 2.55. The SMILES string of the molecule is Nc1ccc2oc(NCCc3ccc(Cl)cc3Cl)nc2c1. The highest BCUT2D eigenvalue weighted by Crippen LogP contribution is 2.23. The van der Waals surface area contributed by atoms with E-state index in [1.54, 1.807) is 24.3 Å². The molecule has 3 N–H and O–H groups in total. The summed E-state index contributed by atoms with van der Waals surface area (Å²) in [5, 5.41) is 4.43. The third-order valence-electron chi connectivity index (χ3n) is 3.10. The topological polar surface area (TPSA) is 64.1 Å². The van der Waals surface area contributed by atoms with E-state index in [2.05, 4.69) is 10.3 Å². The van der Waals surface area contributed by atoms with Crippen LogP contribution in [-0.2, 0) is 6.42 Å². The Morgan fingerprint density at radius 1 is 1.14 bits per heavy atom. The number of nitrogens with two attached hydrogens (primary N) is 1. The molecule has 0 aliphatic rings. The lowest BCUT2D eigenvalue weighted by Gasteiger charge is -2.05. The molecule has 0 fully saturated rings. The van der Waals surface area contributed by atoms with Crippen molar-refractivity contribution in [1.29, 1.82) is 0 Å². The second-order valence-corrected chi connectivity index (χ2v) is 5.50. The smallest absolute Gasteiger partial charge is 0.295 e. The summed E-state index contributed by atoms with van der Waals surface area (Å²) >= 11 is 12.0. The molecule has 6 heteroatoms. The van der Waals surface area contributed by atoms with Crippen LogP contribution in [0.25, 0.3) is 11.1 Å². The summed E-state index contributed by atoms with van der Waals surface area (Å²) in [4.78, 5) is 4.33. The van der Waals surface area contributed by atoms with E-state index in [1.807, 2.05) is 12.1 Å². The van der Waals surface area contributed by atoms with Crippen LogP contribution in [-0.4, -0.2) is 11.5 Å². The molecule has 0 bridgehead atoms. The van der Waals surface area contributed by atoms with Gasteiger partial charge in [0.1, 0.15) is 5.52 Å². The van der Waals surface area contributed by atoms with Gasteiger partial charge in [0, 0.05) is 22.3 Å². The average molecular weight is 322 g/mol. The largest absolute Gasteiger partial charge is 0.424 e. The fraction of sp³-hybridized carbons (Fsp3) is 0.133. The summed E-state index contributed by atoms with van der Waals surface area (Å²) in [6, 6.07) is 11.3. The predicted molar refractivity (Wildman–Crippen MR) is 87.1 cm³/mol. The second-order valence-electron chi connectivity index (χ2n) is 4.66. The number of halogens is 2. The van der Waals surface area contributed by atoms with Gasteiger partial charge in [-0.2, -0.15) is 4.98 Å². The highest BCUT2D eigenvalue weighted by molar-refractivity contribution is 6.35. The van der Waals surface area contributed by atoms with Crippen molar-refractivity contribution in [2.75, 3.05) is 17.6 Å². The fourth-order valence-electron chi connectivity index (χ4n) is 2.05. The van der Waals surface area contributed by atoms with Gasteiger partial charge in [-0.05, 0) is 42.3 Å². The Balaban J connectivity index is 1.66. The quantitative estimate of drug-likeness (QED) is 0.700. The first-order valence-corrected chi connectivity index (χ1v) is 7.21. The summed E-state index contributed by atoms with van der Waals surface area (Å²) < 4.78 is 5.58. The van der Waals surface area contributed by atoms with Crippen LogP contribution in [0, 0.1) is 0 Å². The molecule has 0 spiro atoms. The van der Waals surface area contributed by atoms with Gasteiger partial charge in [0.25, 0.3) is 6.01 Å². The maximum atomic E-state index is 6.13. The second kappa shape index (κ2) is 5.84. The Hall–Kier alpha value is -1.91. The minimum Gasteiger partial charge on any atom is -0.424 e. The van der Waals surface area contributed by atoms with Crippen LogP contribution < -0.4 is 11.1 Å². The van der Waals surface area contributed by atoms with Crippen LogP contribution in [0.15, 0.2) is 40.8 Å². The normalized spacial score (nSPS) is 11.0. The lowest BCUT2D eigenvalue weighted by Crippen LogP contribution is -2.05. The number of aromatic nitrogens is 1. The first kappa shape index (κ1) is 14.0. The molecular formula is C15H13Cl2N3O. The number of nitrogens with zero attached hydrogens (tertiary/aromatic N) is 1. The van der Waals surface area contributed by atoms with Gasteiger partial charge in [0.2, 0.25) is 0 Å². The van der Waals surface area contributed by atoms with Crippen molar-refractivity contribution in [2.45, 2.75) is 6.42 Å². The molecule has 0 radical (unpaired) electrons. The predicted octanol–water partition coefficient (Wildman–Crippen LogP) is 4.37. The Morgan fingerprint density at radius 3 is 2.81 bits per heavy atom. The molecular weight excluding hydrogens is 309 g/mol. The molecule has 0 aliphatic carbocycles. The van der Waals surface area contributed by atoms with Crippen LogP contribution in [0.4, 0.5) is 11.7 Å². The Bertz CT molecular complexity index is 786. The van der Waals surface area contributed by atoms with Gasteiger partial charge in [-0.3, -0.25) is 0 Å². The first-order chi connectivity index (χ1) is 10.1. The van der Waals surface area contributed by atoms with E-state index in [9.17, 15) is 0 Å². The molecule has 0 saturated heterocycles. The van der Waals surface area contributed by atoms with Crippen molar-refractivity contribution in [3.63, 3.8) is 0 Å². The molecule has 0 amide bonds. The third kappa shape index (κ3) is 3.23. The molecule has 4 nitrogen and oxygen atoms in total. The first-order valence-electron chi connectivity index (χ1n) is 6.46. The Kier molecular flexibility index (Phi) is 3.90. The Morgan fingerprint density at radius 2 is 2.00 bits per heavy atom. The van der Waals surface area contributed by atoms with E-state index in [0.29, 0.717) is 33.9 Å². The highest BCUT2D eigenvalue weighted by Gasteiger charge is 2.06. The van der Waals surface area contributed by atoms with Crippen molar-refractivity contribution in [1.82, 2.24) is 4.98 Å². The number of nitrogens with one attached hydrogen (secondary N) is 1. The van der Waals surface area contributed by atoms with Gasteiger partial charge in [0.15, 0.2) is 5.58 Å². The monoisotopic (exact) mass is 321 g/mol. The zero-order valence-corrected chi connectivity index (χ0v) is 12.6. The zero-order valence-electron chi connectivity index (χ0n) is 11.1. The van der Waals surface area contributed by atoms with Crippen molar-refractivity contribution in [3.8, 4) is 0 Å². The molecule has 2 aromatic carbocycles. The molecule has 0 unspecified atom stereocenters. The number of fused-ring (bicyclic) bond motifs is 1. The van der Waals surface area contributed by atoms with E-state index < -0.39 is 0 Å². The number of benzene rings is 2. The Labute approximate surface area is 131 Å². The molecule has 1 aromatic heterocycles. The molecule has 3 rings (SSSR count). The lowest BCUT2D eigenvalue weighted by atomic mass is 10.1. The lowest BCUT2D eigenvalue weighted by molar-refractivity contribution is 0.614. The van der Waals surface area contributed by atoms with Gasteiger partial charge in [-0.1, -0.05) is 29.3 Å². The summed E-state index contributed by atoms with van der Waals surface area (Å²) in [6.07, 6.45) is 0.747. The number of rotatable bonds is 4. The number of anilines is 2. The van der Waals surface area contributed by atoms with Gasteiger partial charge in [-0.25, -0.2) is 0 Å². The summed E-state index contributed by atoms with van der Waals surface area (Å²) in [6.45, 7) is 0.656. The van der Waals surface area contributed by atoms with Gasteiger partial charge >= 0.3 is 0 Å². The summed E-state index contributed by atoms with van der Waals surface area (Å²) in [7, 11) is 0. The van der Waals surface area contributed by atoms with Gasteiger partial charge in [0.05, 0.1) is 0 Å². The van der Waals surface area contributed by atoms with E-state index in [0.717, 1.165) is 17.5 Å². The molecule has 108 valence electrons. The zero-order chi connectivity index (χ0) is 14.8. The van der Waals surface area contributed by atoms with E-state index in [4.69, 9.17) is 33.4 Å². The van der Waals surface area contributed by atoms with Crippen LogP contribution >= 0.6 is 23.2 Å². The number of oxazole rings is 1. The van der Waals surface area contributed by atoms with Gasteiger partial charge < -0.3 is 15.5 Å². The van der Waals surface area contributed by atoms with Gasteiger partial charge in [-0.15, -0.1) is 0 Å².